The smallest absolute Gasteiger partial charge is 0.328 e. The minimum absolute atomic E-state index is 0.454. The lowest BCUT2D eigenvalue weighted by Crippen LogP contribution is -2.56. The van der Waals surface area contributed by atoms with Gasteiger partial charge < -0.3 is 42.3 Å². The Morgan fingerprint density at radius 3 is 2.17 bits per heavy atom. The van der Waals surface area contributed by atoms with Crippen molar-refractivity contribution in [2.24, 2.45) is 16.5 Å². The van der Waals surface area contributed by atoms with Gasteiger partial charge in [-0.05, 0) is 0 Å². The van der Waals surface area contributed by atoms with Gasteiger partial charge in [0.2, 0.25) is 5.91 Å². The highest BCUT2D eigenvalue weighted by atomic mass is 16.4. The minimum atomic E-state index is -1.84. The molecule has 0 spiro atoms. The number of carbonyl (C=O) groups is 2. The zero-order valence-electron chi connectivity index (χ0n) is 12.4. The summed E-state index contributed by atoms with van der Waals surface area (Å²) in [6.07, 6.45) is -3.65. The molecule has 0 bridgehead atoms. The van der Waals surface area contributed by atoms with E-state index >= 15 is 0 Å². The topological polar surface area (TPSA) is 212 Å². The summed E-state index contributed by atoms with van der Waals surface area (Å²) in [5, 5.41) is 49.0. The highest BCUT2D eigenvalue weighted by Gasteiger charge is 2.35. The molecular formula is C12H22N4O7. The van der Waals surface area contributed by atoms with Crippen molar-refractivity contribution in [1.29, 1.82) is 0 Å². The molecule has 0 aromatic carbocycles. The highest BCUT2D eigenvalue weighted by molar-refractivity contribution is 5.80. The predicted molar refractivity (Wildman–Crippen MR) is 79.1 cm³/mol. The number of guanidine groups is 1. The van der Waals surface area contributed by atoms with Crippen LogP contribution in [0.2, 0.25) is 0 Å². The van der Waals surface area contributed by atoms with E-state index in [4.69, 9.17) is 21.7 Å². The lowest BCUT2D eigenvalue weighted by atomic mass is 9.95. The normalized spacial score (nSPS) is 17.8. The standard InChI is InChI=1S/C12H22N4O7/c1-5(18)15-9(11(23)10(22)7(19)4-17)6(16-12(13)14)2-3-8(20)21/h2-3,6-7,9-11,17,19,22-23H,4H2,1H3,(H,15,18)(H,20,21)(H4,13,14,16)/b3-2+/t6-,7+,9+,10+,11+/m0/s1. The molecule has 0 aromatic rings. The van der Waals surface area contributed by atoms with Crippen molar-refractivity contribution in [3.8, 4) is 0 Å². The number of nitrogens with zero attached hydrogens (tertiary/aromatic N) is 1. The molecule has 132 valence electrons. The molecule has 11 nitrogen and oxygen atoms in total. The summed E-state index contributed by atoms with van der Waals surface area (Å²) in [6, 6.07) is -2.60. The van der Waals surface area contributed by atoms with Crippen LogP contribution in [0.3, 0.4) is 0 Å². The first-order valence-electron chi connectivity index (χ1n) is 6.52. The average Bonchev–Trinajstić information content (AvgIpc) is 2.46. The minimum Gasteiger partial charge on any atom is -0.478 e. The van der Waals surface area contributed by atoms with Crippen LogP contribution in [0.5, 0.6) is 0 Å². The molecule has 0 aliphatic rings. The fourth-order valence-electron chi connectivity index (χ4n) is 1.75. The maximum atomic E-state index is 11.3. The van der Waals surface area contributed by atoms with Crippen LogP contribution >= 0.6 is 0 Å². The molecule has 0 saturated carbocycles. The maximum absolute atomic E-state index is 11.3. The number of carboxylic acid groups (broad SMARTS) is 1. The number of carbonyl (C=O) groups excluding carboxylic acids is 1. The van der Waals surface area contributed by atoms with Crippen molar-refractivity contribution in [3.63, 3.8) is 0 Å². The number of hydrogen-bond acceptors (Lipinski definition) is 7. The van der Waals surface area contributed by atoms with Crippen molar-refractivity contribution in [2.75, 3.05) is 6.61 Å². The molecule has 0 radical (unpaired) electrons. The number of nitrogens with one attached hydrogen (secondary N) is 1. The number of rotatable bonds is 9. The van der Waals surface area contributed by atoms with E-state index in [2.05, 4.69) is 10.3 Å². The molecule has 5 atom stereocenters. The summed E-state index contributed by atoms with van der Waals surface area (Å²) in [5.74, 6) is -2.41. The predicted octanol–water partition coefficient (Wildman–Crippen LogP) is -4.15. The summed E-state index contributed by atoms with van der Waals surface area (Å²) >= 11 is 0. The summed E-state index contributed by atoms with van der Waals surface area (Å²) in [7, 11) is 0. The third-order valence-electron chi connectivity index (χ3n) is 2.77. The Morgan fingerprint density at radius 1 is 1.22 bits per heavy atom. The maximum Gasteiger partial charge on any atom is 0.328 e. The summed E-state index contributed by atoms with van der Waals surface area (Å²) < 4.78 is 0. The Balaban J connectivity index is 5.62. The largest absolute Gasteiger partial charge is 0.478 e. The molecule has 1 amide bonds. The number of aliphatic carboxylic acids is 1. The van der Waals surface area contributed by atoms with Crippen LogP contribution in [0.1, 0.15) is 6.92 Å². The van der Waals surface area contributed by atoms with Gasteiger partial charge in [0.05, 0.1) is 18.7 Å². The van der Waals surface area contributed by atoms with Gasteiger partial charge in [-0.25, -0.2) is 9.79 Å². The van der Waals surface area contributed by atoms with Crippen LogP contribution in [-0.4, -0.2) is 80.4 Å². The third-order valence-corrected chi connectivity index (χ3v) is 2.77. The first-order valence-corrected chi connectivity index (χ1v) is 6.52. The summed E-state index contributed by atoms with van der Waals surface area (Å²) in [4.78, 5) is 25.6. The number of aliphatic hydroxyl groups excluding tert-OH is 4. The molecule has 23 heavy (non-hydrogen) atoms. The molecule has 11 heteroatoms. The van der Waals surface area contributed by atoms with Crippen LogP contribution in [0.15, 0.2) is 17.1 Å². The number of carboxylic acids is 1. The molecule has 0 aromatic heterocycles. The number of aliphatic imine (C=N–C) groups is 1. The van der Waals surface area contributed by atoms with Gasteiger partial charge in [-0.2, -0.15) is 0 Å². The number of aliphatic hydroxyl groups is 4. The van der Waals surface area contributed by atoms with E-state index in [0.717, 1.165) is 13.0 Å². The first-order chi connectivity index (χ1) is 10.6. The number of amides is 1. The molecule has 0 rings (SSSR count). The van der Waals surface area contributed by atoms with Gasteiger partial charge in [-0.1, -0.05) is 6.08 Å². The van der Waals surface area contributed by atoms with E-state index in [1.807, 2.05) is 0 Å². The zero-order valence-corrected chi connectivity index (χ0v) is 12.4. The fourth-order valence-corrected chi connectivity index (χ4v) is 1.75. The second-order valence-electron chi connectivity index (χ2n) is 4.70. The van der Waals surface area contributed by atoms with E-state index in [9.17, 15) is 24.9 Å². The average molecular weight is 334 g/mol. The number of hydrogen-bond donors (Lipinski definition) is 8. The molecule has 0 fully saturated rings. The van der Waals surface area contributed by atoms with E-state index in [-0.39, 0.29) is 0 Å². The first kappa shape index (κ1) is 20.8. The van der Waals surface area contributed by atoms with Crippen LogP contribution in [0.4, 0.5) is 0 Å². The molecule has 0 aliphatic carbocycles. The number of nitrogens with two attached hydrogens (primary N) is 2. The van der Waals surface area contributed by atoms with Gasteiger partial charge in [0, 0.05) is 13.0 Å². The lowest BCUT2D eigenvalue weighted by molar-refractivity contribution is -0.131. The van der Waals surface area contributed by atoms with Gasteiger partial charge >= 0.3 is 5.97 Å². The quantitative estimate of drug-likeness (QED) is 0.117. The van der Waals surface area contributed by atoms with Gasteiger partial charge in [-0.3, -0.25) is 4.79 Å². The highest BCUT2D eigenvalue weighted by Crippen LogP contribution is 2.13. The Bertz CT molecular complexity index is 464. The monoisotopic (exact) mass is 334 g/mol. The molecule has 0 saturated heterocycles. The lowest BCUT2D eigenvalue weighted by Gasteiger charge is -2.32. The van der Waals surface area contributed by atoms with Crippen molar-refractivity contribution in [2.45, 2.75) is 37.3 Å². The molecule has 0 heterocycles. The van der Waals surface area contributed by atoms with Crippen molar-refractivity contribution in [3.05, 3.63) is 12.2 Å². The second kappa shape index (κ2) is 9.74. The van der Waals surface area contributed by atoms with Crippen LogP contribution < -0.4 is 16.8 Å². The van der Waals surface area contributed by atoms with Crippen LogP contribution in [-0.2, 0) is 9.59 Å². The van der Waals surface area contributed by atoms with E-state index in [1.165, 1.54) is 0 Å². The Kier molecular flexibility index (Phi) is 8.80. The van der Waals surface area contributed by atoms with E-state index < -0.39 is 54.8 Å². The Labute approximate surface area is 131 Å². The van der Waals surface area contributed by atoms with Crippen LogP contribution in [0, 0.1) is 0 Å². The van der Waals surface area contributed by atoms with Crippen molar-refractivity contribution in [1.82, 2.24) is 5.32 Å². The van der Waals surface area contributed by atoms with Gasteiger partial charge in [0.15, 0.2) is 5.96 Å². The van der Waals surface area contributed by atoms with Crippen molar-refractivity contribution < 1.29 is 35.1 Å². The third kappa shape index (κ3) is 7.56. The SMILES string of the molecule is CC(=O)N[C@@H]([C@@H](O)[C@H](O)[C@H](O)CO)[C@H](/C=C/C(=O)O)N=C(N)N. The zero-order chi connectivity index (χ0) is 18.2. The van der Waals surface area contributed by atoms with Gasteiger partial charge in [0.1, 0.15) is 18.3 Å². The van der Waals surface area contributed by atoms with E-state index in [0.29, 0.717) is 6.08 Å². The summed E-state index contributed by atoms with van der Waals surface area (Å²) in [6.45, 7) is 0.269. The van der Waals surface area contributed by atoms with E-state index in [1.54, 1.807) is 0 Å². The van der Waals surface area contributed by atoms with Crippen molar-refractivity contribution >= 4 is 17.8 Å². The van der Waals surface area contributed by atoms with Crippen LogP contribution in [0.25, 0.3) is 0 Å². The Morgan fingerprint density at radius 2 is 1.78 bits per heavy atom. The molecule has 0 aliphatic heterocycles. The summed E-state index contributed by atoms with van der Waals surface area (Å²) in [5.41, 5.74) is 10.5. The fraction of sp³-hybridized carbons (Fsp3) is 0.583. The Hall–Kier alpha value is -2.21. The van der Waals surface area contributed by atoms with Gasteiger partial charge in [-0.15, -0.1) is 0 Å². The second-order valence-corrected chi connectivity index (χ2v) is 4.70. The molecule has 10 N–H and O–H groups in total. The molecular weight excluding hydrogens is 312 g/mol. The molecule has 0 unspecified atom stereocenters. The van der Waals surface area contributed by atoms with Gasteiger partial charge in [0.25, 0.3) is 0 Å².